The van der Waals surface area contributed by atoms with Gasteiger partial charge in [0.25, 0.3) is 5.91 Å². The van der Waals surface area contributed by atoms with Crippen molar-refractivity contribution in [3.05, 3.63) is 46.8 Å². The van der Waals surface area contributed by atoms with Crippen molar-refractivity contribution in [2.24, 2.45) is 5.73 Å². The monoisotopic (exact) mass is 415 g/mol. The van der Waals surface area contributed by atoms with Gasteiger partial charge in [-0.15, -0.1) is 21.5 Å². The molecule has 2 amide bonds. The largest absolute Gasteiger partial charge is 0.366 e. The summed E-state index contributed by atoms with van der Waals surface area (Å²) in [4.78, 5) is 24.0. The molecule has 0 aliphatic rings. The number of hydrogen-bond acceptors (Lipinski definition) is 6. The summed E-state index contributed by atoms with van der Waals surface area (Å²) in [6, 6.07) is 9.60. The molecule has 3 N–H and O–H groups in total. The van der Waals surface area contributed by atoms with Crippen molar-refractivity contribution in [3.8, 4) is 11.4 Å². The molecule has 0 bridgehead atoms. The van der Waals surface area contributed by atoms with Gasteiger partial charge in [0, 0.05) is 12.1 Å². The maximum atomic E-state index is 12.6. The van der Waals surface area contributed by atoms with E-state index in [9.17, 15) is 9.59 Å². The summed E-state index contributed by atoms with van der Waals surface area (Å²) in [5.41, 5.74) is 7.78. The van der Waals surface area contributed by atoms with Gasteiger partial charge in [0.15, 0.2) is 11.0 Å². The molecule has 146 valence electrons. The van der Waals surface area contributed by atoms with Gasteiger partial charge < -0.3 is 15.6 Å². The number of aryl methyl sites for hydroxylation is 1. The van der Waals surface area contributed by atoms with E-state index >= 15 is 0 Å². The van der Waals surface area contributed by atoms with E-state index in [2.05, 4.69) is 15.5 Å². The van der Waals surface area contributed by atoms with E-state index in [1.54, 1.807) is 18.4 Å². The Labute approximate surface area is 171 Å². The average Bonchev–Trinajstić information content (AvgIpc) is 3.28. The number of carbonyl (C=O) groups excluding carboxylic acids is 2. The van der Waals surface area contributed by atoms with Crippen LogP contribution in [0.1, 0.15) is 29.8 Å². The minimum atomic E-state index is -0.564. The SMILES string of the molecule is CCn1c(S[C@H](C)C(=O)Nc2sccc2C(N)=O)nnc1-c1ccccc1C. The first-order valence-corrected chi connectivity index (χ1v) is 10.5. The normalized spacial score (nSPS) is 12.0. The summed E-state index contributed by atoms with van der Waals surface area (Å²) < 4.78 is 2.00. The number of thiophene rings is 1. The second-order valence-electron chi connectivity index (χ2n) is 6.14. The lowest BCUT2D eigenvalue weighted by Crippen LogP contribution is -2.24. The Balaban J connectivity index is 1.78. The second kappa shape index (κ2) is 8.57. The summed E-state index contributed by atoms with van der Waals surface area (Å²) in [6.07, 6.45) is 0. The van der Waals surface area contributed by atoms with Crippen molar-refractivity contribution < 1.29 is 9.59 Å². The fourth-order valence-electron chi connectivity index (χ4n) is 2.71. The van der Waals surface area contributed by atoms with Crippen LogP contribution in [-0.2, 0) is 11.3 Å². The first kappa shape index (κ1) is 20.1. The maximum absolute atomic E-state index is 12.6. The Kier molecular flexibility index (Phi) is 6.15. The zero-order chi connectivity index (χ0) is 20.3. The van der Waals surface area contributed by atoms with Gasteiger partial charge in [-0.2, -0.15) is 0 Å². The van der Waals surface area contributed by atoms with Crippen LogP contribution in [0.25, 0.3) is 11.4 Å². The topological polar surface area (TPSA) is 103 Å². The minimum Gasteiger partial charge on any atom is -0.366 e. The third-order valence-electron chi connectivity index (χ3n) is 4.24. The van der Waals surface area contributed by atoms with Gasteiger partial charge in [-0.25, -0.2) is 0 Å². The molecule has 0 saturated heterocycles. The van der Waals surface area contributed by atoms with Crippen molar-refractivity contribution in [3.63, 3.8) is 0 Å². The van der Waals surface area contributed by atoms with Crippen LogP contribution in [0.15, 0.2) is 40.9 Å². The molecule has 3 rings (SSSR count). The molecule has 0 radical (unpaired) electrons. The van der Waals surface area contributed by atoms with Crippen molar-refractivity contribution in [1.29, 1.82) is 0 Å². The van der Waals surface area contributed by atoms with E-state index in [0.29, 0.717) is 22.3 Å². The first-order valence-electron chi connectivity index (χ1n) is 8.76. The number of nitrogens with zero attached hydrogens (tertiary/aromatic N) is 3. The van der Waals surface area contributed by atoms with Crippen molar-refractivity contribution in [2.45, 2.75) is 37.7 Å². The van der Waals surface area contributed by atoms with Gasteiger partial charge in [0.05, 0.1) is 10.8 Å². The van der Waals surface area contributed by atoms with Gasteiger partial charge in [0.1, 0.15) is 5.00 Å². The fourth-order valence-corrected chi connectivity index (χ4v) is 4.42. The number of aromatic nitrogens is 3. The van der Waals surface area contributed by atoms with E-state index in [4.69, 9.17) is 5.73 Å². The molecule has 2 heterocycles. The van der Waals surface area contributed by atoms with Gasteiger partial charge in [-0.1, -0.05) is 36.0 Å². The Morgan fingerprint density at radius 3 is 2.71 bits per heavy atom. The molecule has 1 aromatic carbocycles. The Bertz CT molecular complexity index is 1010. The number of carbonyl (C=O) groups is 2. The zero-order valence-corrected chi connectivity index (χ0v) is 17.4. The smallest absolute Gasteiger partial charge is 0.251 e. The van der Waals surface area contributed by atoms with Crippen LogP contribution in [0.4, 0.5) is 5.00 Å². The first-order chi connectivity index (χ1) is 13.4. The van der Waals surface area contributed by atoms with Crippen molar-refractivity contribution >= 4 is 39.9 Å². The summed E-state index contributed by atoms with van der Waals surface area (Å²) >= 11 is 2.59. The van der Waals surface area contributed by atoms with Crippen LogP contribution < -0.4 is 11.1 Å². The van der Waals surface area contributed by atoms with E-state index in [1.165, 1.54) is 23.1 Å². The van der Waals surface area contributed by atoms with E-state index < -0.39 is 11.2 Å². The number of rotatable bonds is 7. The number of amides is 2. The van der Waals surface area contributed by atoms with Crippen LogP contribution in [-0.4, -0.2) is 31.8 Å². The molecule has 0 fully saturated rings. The standard InChI is InChI=1S/C19H21N5O2S2/c1-4-24-16(13-8-6-5-7-11(13)2)22-23-19(24)28-12(3)17(26)21-18-14(15(20)25)9-10-27-18/h5-10,12H,4H2,1-3H3,(H2,20,25)(H,21,26)/t12-/m1/s1. The second-order valence-corrected chi connectivity index (χ2v) is 8.37. The molecule has 0 aliphatic carbocycles. The highest BCUT2D eigenvalue weighted by atomic mass is 32.2. The number of anilines is 1. The van der Waals surface area contributed by atoms with Gasteiger partial charge in [-0.3, -0.25) is 9.59 Å². The molecule has 9 heteroatoms. The number of benzene rings is 1. The number of nitrogens with two attached hydrogens (primary N) is 1. The zero-order valence-electron chi connectivity index (χ0n) is 15.8. The van der Waals surface area contributed by atoms with Gasteiger partial charge in [0.2, 0.25) is 5.91 Å². The molecule has 0 saturated carbocycles. The molecular formula is C19H21N5O2S2. The predicted octanol–water partition coefficient (Wildman–Crippen LogP) is 3.55. The molecule has 7 nitrogen and oxygen atoms in total. The van der Waals surface area contributed by atoms with E-state index in [0.717, 1.165) is 17.0 Å². The summed E-state index contributed by atoms with van der Waals surface area (Å²) in [5.74, 6) is -0.00604. The molecular weight excluding hydrogens is 394 g/mol. The maximum Gasteiger partial charge on any atom is 0.251 e. The van der Waals surface area contributed by atoms with Crippen LogP contribution >= 0.6 is 23.1 Å². The number of hydrogen-bond donors (Lipinski definition) is 2. The van der Waals surface area contributed by atoms with Gasteiger partial charge >= 0.3 is 0 Å². The Hall–Kier alpha value is -2.65. The number of thioether (sulfide) groups is 1. The van der Waals surface area contributed by atoms with Crippen LogP contribution in [0.5, 0.6) is 0 Å². The molecule has 0 aliphatic heterocycles. The van der Waals surface area contributed by atoms with E-state index in [-0.39, 0.29) is 5.91 Å². The van der Waals surface area contributed by atoms with E-state index in [1.807, 2.05) is 42.7 Å². The van der Waals surface area contributed by atoms with Crippen molar-refractivity contribution in [1.82, 2.24) is 14.8 Å². The van der Waals surface area contributed by atoms with Crippen molar-refractivity contribution in [2.75, 3.05) is 5.32 Å². The highest BCUT2D eigenvalue weighted by Gasteiger charge is 2.22. The number of primary amides is 1. The molecule has 2 aromatic heterocycles. The molecule has 0 unspecified atom stereocenters. The minimum absolute atomic E-state index is 0.224. The third-order valence-corrected chi connectivity index (χ3v) is 6.15. The van der Waals surface area contributed by atoms with Gasteiger partial charge in [-0.05, 0) is 37.8 Å². The van der Waals surface area contributed by atoms with Crippen LogP contribution in [0, 0.1) is 6.92 Å². The highest BCUT2D eigenvalue weighted by Crippen LogP contribution is 2.29. The Morgan fingerprint density at radius 1 is 1.29 bits per heavy atom. The summed E-state index contributed by atoms with van der Waals surface area (Å²) in [6.45, 7) is 6.53. The molecule has 1 atom stereocenters. The number of nitrogens with one attached hydrogen (secondary N) is 1. The lowest BCUT2D eigenvalue weighted by atomic mass is 10.1. The Morgan fingerprint density at radius 2 is 2.04 bits per heavy atom. The average molecular weight is 416 g/mol. The quantitative estimate of drug-likeness (QED) is 0.575. The lowest BCUT2D eigenvalue weighted by Gasteiger charge is -2.13. The molecule has 28 heavy (non-hydrogen) atoms. The fraction of sp³-hybridized carbons (Fsp3) is 0.263. The predicted molar refractivity (Wildman–Crippen MR) is 113 cm³/mol. The van der Waals surface area contributed by atoms with Crippen LogP contribution in [0.3, 0.4) is 0 Å². The summed E-state index contributed by atoms with van der Waals surface area (Å²) in [5, 5.41) is 13.8. The molecule has 0 spiro atoms. The highest BCUT2D eigenvalue weighted by molar-refractivity contribution is 8.00. The molecule has 3 aromatic rings. The third kappa shape index (κ3) is 4.10. The summed E-state index contributed by atoms with van der Waals surface area (Å²) in [7, 11) is 0. The van der Waals surface area contributed by atoms with Crippen LogP contribution in [0.2, 0.25) is 0 Å². The lowest BCUT2D eigenvalue weighted by molar-refractivity contribution is -0.115.